The van der Waals surface area contributed by atoms with Gasteiger partial charge in [-0.1, -0.05) is 35.4 Å². The van der Waals surface area contributed by atoms with E-state index in [1.54, 1.807) is 0 Å². The Balaban J connectivity index is 2.02. The predicted octanol–water partition coefficient (Wildman–Crippen LogP) is 4.20. The zero-order chi connectivity index (χ0) is 26.7. The number of rotatable bonds is 9. The van der Waals surface area contributed by atoms with Crippen molar-refractivity contribution in [3.63, 3.8) is 0 Å². The number of aliphatic hydroxyl groups excluding tert-OH is 1. The molecule has 0 bridgehead atoms. The second kappa shape index (κ2) is 11.4. The van der Waals surface area contributed by atoms with E-state index in [-0.39, 0.29) is 24.7 Å². The average molecular weight is 542 g/mol. The molecule has 6 atom stereocenters. The monoisotopic (exact) mass is 541 g/mol. The molecule has 0 spiro atoms. The fourth-order valence-corrected chi connectivity index (χ4v) is 6.93. The highest BCUT2D eigenvalue weighted by Gasteiger charge is 2.78. The molecule has 3 N–H and O–H groups in total. The smallest absolute Gasteiger partial charge is 0.416 e. The number of aliphatic hydroxyl groups is 2. The van der Waals surface area contributed by atoms with Crippen molar-refractivity contribution in [3.8, 4) is 0 Å². The number of alkyl carbamates (subject to hydrolysis) is 1. The lowest BCUT2D eigenvalue weighted by Gasteiger charge is -2.56. The Kier molecular flexibility index (Phi) is 9.17. The van der Waals surface area contributed by atoms with Crippen LogP contribution in [0.5, 0.6) is 0 Å². The van der Waals surface area contributed by atoms with E-state index in [2.05, 4.69) is 5.32 Å². The summed E-state index contributed by atoms with van der Waals surface area (Å²) < 4.78 is 17.7. The van der Waals surface area contributed by atoms with Crippen LogP contribution in [0.4, 0.5) is 4.79 Å². The topological polar surface area (TPSA) is 118 Å². The van der Waals surface area contributed by atoms with Crippen LogP contribution in [0.15, 0.2) is 35.9 Å². The summed E-state index contributed by atoms with van der Waals surface area (Å²) in [4.78, 5) is 24.1. The third-order valence-electron chi connectivity index (χ3n) is 7.19. The third-order valence-corrected chi connectivity index (χ3v) is 8.64. The number of methoxy groups -OCH3 is 1. The van der Waals surface area contributed by atoms with E-state index in [1.807, 2.05) is 51.1 Å². The molecule has 2 amide bonds. The first kappa shape index (κ1) is 28.9. The van der Waals surface area contributed by atoms with Crippen molar-refractivity contribution in [2.45, 2.75) is 82.4 Å². The summed E-state index contributed by atoms with van der Waals surface area (Å²) in [7, 11) is 1.46. The number of epoxide rings is 1. The molecule has 2 fully saturated rings. The maximum absolute atomic E-state index is 12.6. The fraction of sp³-hybridized carbons (Fsp3) is 0.615. The van der Waals surface area contributed by atoms with Crippen LogP contribution in [0.2, 0.25) is 5.02 Å². The predicted molar refractivity (Wildman–Crippen MR) is 139 cm³/mol. The first-order valence-electron chi connectivity index (χ1n) is 12.0. The molecule has 8 nitrogen and oxygen atoms in total. The maximum atomic E-state index is 12.6. The van der Waals surface area contributed by atoms with Gasteiger partial charge in [-0.05, 0) is 51.3 Å². The first-order chi connectivity index (χ1) is 16.9. The number of amides is 2. The highest BCUT2D eigenvalue weighted by atomic mass is 35.5. The second-order valence-electron chi connectivity index (χ2n) is 9.94. The Morgan fingerprint density at radius 1 is 1.28 bits per heavy atom. The van der Waals surface area contributed by atoms with E-state index < -0.39 is 41.0 Å². The van der Waals surface area contributed by atoms with Crippen LogP contribution in [0.1, 0.15) is 52.5 Å². The van der Waals surface area contributed by atoms with Crippen molar-refractivity contribution in [3.05, 3.63) is 46.5 Å². The van der Waals surface area contributed by atoms with Crippen molar-refractivity contribution in [1.29, 1.82) is 0 Å². The summed E-state index contributed by atoms with van der Waals surface area (Å²) in [5.41, 5.74) is -0.193. The van der Waals surface area contributed by atoms with Crippen LogP contribution < -0.4 is 5.32 Å². The molecule has 1 saturated carbocycles. The number of hydrogen-bond acceptors (Lipinski definition) is 8. The SMILES string of the molecule is COC1C(O)CCC(O)(OC(=O)NC(C)=O)C1(CSCc1ccc(Cl)cc1)C1(C)OC1CC=C(C)C. The van der Waals surface area contributed by atoms with Gasteiger partial charge in [-0.15, -0.1) is 0 Å². The van der Waals surface area contributed by atoms with Gasteiger partial charge in [0, 0.05) is 37.0 Å². The Morgan fingerprint density at radius 2 is 1.94 bits per heavy atom. The minimum absolute atomic E-state index is 0.0465. The largest absolute Gasteiger partial charge is 0.416 e. The molecular weight excluding hydrogens is 506 g/mol. The molecule has 10 heteroatoms. The lowest BCUT2D eigenvalue weighted by atomic mass is 9.59. The zero-order valence-corrected chi connectivity index (χ0v) is 22.9. The van der Waals surface area contributed by atoms with Gasteiger partial charge in [0.25, 0.3) is 0 Å². The van der Waals surface area contributed by atoms with Crippen molar-refractivity contribution in [2.24, 2.45) is 5.41 Å². The number of carbonyl (C=O) groups is 2. The van der Waals surface area contributed by atoms with Crippen molar-refractivity contribution >= 4 is 35.4 Å². The number of benzene rings is 1. The van der Waals surface area contributed by atoms with Crippen LogP contribution >= 0.6 is 23.4 Å². The van der Waals surface area contributed by atoms with Crippen LogP contribution in [0, 0.1) is 5.41 Å². The second-order valence-corrected chi connectivity index (χ2v) is 11.4. The van der Waals surface area contributed by atoms with Crippen LogP contribution in [-0.4, -0.2) is 64.8 Å². The number of allylic oxidation sites excluding steroid dienone is 1. The molecule has 6 unspecified atom stereocenters. The number of ether oxygens (including phenoxy) is 3. The molecule has 36 heavy (non-hydrogen) atoms. The molecule has 1 aliphatic carbocycles. The van der Waals surface area contributed by atoms with Crippen LogP contribution in [0.3, 0.4) is 0 Å². The Bertz CT molecular complexity index is 985. The molecule has 2 aliphatic rings. The number of imide groups is 1. The average Bonchev–Trinajstić information content (AvgIpc) is 3.46. The van der Waals surface area contributed by atoms with Crippen molar-refractivity contribution < 1.29 is 34.0 Å². The fourth-order valence-electron chi connectivity index (χ4n) is 5.28. The number of halogens is 1. The zero-order valence-electron chi connectivity index (χ0n) is 21.4. The van der Waals surface area contributed by atoms with Crippen molar-refractivity contribution in [1.82, 2.24) is 5.32 Å². The normalized spacial score (nSPS) is 33.5. The standard InChI is InChI=1S/C26H36ClNO7S/c1-16(2)6-11-21-24(4,34-21)25(15-36-14-18-7-9-19(27)10-8-18)22(33-5)20(30)12-13-26(25,32)35-23(31)28-17(3)29/h6-10,20-22,30,32H,11-15H2,1-5H3,(H,28,29,31). The Labute approximate surface area is 221 Å². The highest BCUT2D eigenvalue weighted by Crippen LogP contribution is 2.64. The summed E-state index contributed by atoms with van der Waals surface area (Å²) >= 11 is 7.52. The minimum atomic E-state index is -2.08. The van der Waals surface area contributed by atoms with E-state index in [1.165, 1.54) is 25.8 Å². The van der Waals surface area contributed by atoms with Crippen LogP contribution in [-0.2, 0) is 24.8 Å². The molecule has 1 aromatic rings. The number of thioether (sulfide) groups is 1. The molecular formula is C26H36ClNO7S. The number of carbonyl (C=O) groups excluding carboxylic acids is 2. The lowest BCUT2D eigenvalue weighted by Crippen LogP contribution is -2.71. The quantitative estimate of drug-likeness (QED) is 0.242. The summed E-state index contributed by atoms with van der Waals surface area (Å²) in [6.45, 7) is 7.03. The molecule has 0 aromatic heterocycles. The molecule has 0 radical (unpaired) electrons. The van der Waals surface area contributed by atoms with Gasteiger partial charge in [0.2, 0.25) is 11.7 Å². The molecule has 1 aliphatic heterocycles. The van der Waals surface area contributed by atoms with E-state index in [4.69, 9.17) is 25.8 Å². The first-order valence-corrected chi connectivity index (χ1v) is 13.5. The molecule has 1 heterocycles. The molecule has 1 saturated heterocycles. The highest BCUT2D eigenvalue weighted by molar-refractivity contribution is 7.98. The van der Waals surface area contributed by atoms with E-state index in [0.29, 0.717) is 17.2 Å². The lowest BCUT2D eigenvalue weighted by molar-refractivity contribution is -0.315. The van der Waals surface area contributed by atoms with Crippen LogP contribution in [0.25, 0.3) is 0 Å². The maximum Gasteiger partial charge on any atom is 0.416 e. The molecule has 3 rings (SSSR count). The van der Waals surface area contributed by atoms with E-state index >= 15 is 0 Å². The third kappa shape index (κ3) is 5.76. The summed E-state index contributed by atoms with van der Waals surface area (Å²) in [5, 5.41) is 25.8. The van der Waals surface area contributed by atoms with Crippen molar-refractivity contribution in [2.75, 3.05) is 12.9 Å². The van der Waals surface area contributed by atoms with Gasteiger partial charge in [-0.3, -0.25) is 10.1 Å². The van der Waals surface area contributed by atoms with Gasteiger partial charge in [0.1, 0.15) is 11.0 Å². The molecule has 200 valence electrons. The van der Waals surface area contributed by atoms with Gasteiger partial charge < -0.3 is 24.4 Å². The van der Waals surface area contributed by atoms with Gasteiger partial charge in [0.15, 0.2) is 0 Å². The summed E-state index contributed by atoms with van der Waals surface area (Å²) in [6, 6.07) is 7.45. The Morgan fingerprint density at radius 3 is 2.53 bits per heavy atom. The van der Waals surface area contributed by atoms with Gasteiger partial charge >= 0.3 is 6.09 Å². The summed E-state index contributed by atoms with van der Waals surface area (Å²) in [6.07, 6.45) is -0.447. The van der Waals surface area contributed by atoms with Gasteiger partial charge in [0.05, 0.1) is 18.3 Å². The Hall–Kier alpha value is -1.62. The number of hydrogen-bond donors (Lipinski definition) is 3. The number of nitrogens with one attached hydrogen (secondary N) is 1. The molecule has 1 aromatic carbocycles. The van der Waals surface area contributed by atoms with E-state index in [0.717, 1.165) is 11.1 Å². The minimum Gasteiger partial charge on any atom is -0.416 e. The summed E-state index contributed by atoms with van der Waals surface area (Å²) in [5.74, 6) is -1.86. The van der Waals surface area contributed by atoms with Gasteiger partial charge in [-0.2, -0.15) is 11.8 Å². The van der Waals surface area contributed by atoms with E-state index in [9.17, 15) is 19.8 Å². The van der Waals surface area contributed by atoms with Gasteiger partial charge in [-0.25, -0.2) is 4.79 Å².